The van der Waals surface area contributed by atoms with Crippen molar-refractivity contribution in [3.05, 3.63) is 83.9 Å². The van der Waals surface area contributed by atoms with Crippen molar-refractivity contribution >= 4 is 23.7 Å². The quantitative estimate of drug-likeness (QED) is 0.259. The molecule has 3 unspecified atom stereocenters. The van der Waals surface area contributed by atoms with E-state index in [0.29, 0.717) is 19.5 Å². The number of aliphatic hydroxyl groups excluding tert-OH is 1. The van der Waals surface area contributed by atoms with Gasteiger partial charge >= 0.3 is 5.97 Å². The van der Waals surface area contributed by atoms with Crippen LogP contribution in [0.1, 0.15) is 49.3 Å². The summed E-state index contributed by atoms with van der Waals surface area (Å²) in [4.78, 5) is 54.6. The molecule has 0 bridgehead atoms. The van der Waals surface area contributed by atoms with Gasteiger partial charge in [0.25, 0.3) is 0 Å². The fraction of sp³-hybridized carbons (Fsp3) is 0.438. The summed E-state index contributed by atoms with van der Waals surface area (Å²) in [5, 5.41) is 15.7. The molecule has 9 nitrogen and oxygen atoms in total. The van der Waals surface area contributed by atoms with E-state index in [1.165, 1.54) is 0 Å². The van der Waals surface area contributed by atoms with E-state index in [-0.39, 0.29) is 38.4 Å². The lowest BCUT2D eigenvalue weighted by molar-refractivity contribution is -0.152. The molecule has 41 heavy (non-hydrogen) atoms. The average molecular weight is 562 g/mol. The zero-order chi connectivity index (χ0) is 29.0. The summed E-state index contributed by atoms with van der Waals surface area (Å²) in [6.07, 6.45) is 6.20. The van der Waals surface area contributed by atoms with E-state index < -0.39 is 41.7 Å². The van der Waals surface area contributed by atoms with Crippen LogP contribution in [-0.2, 0) is 30.3 Å². The maximum atomic E-state index is 13.5. The summed E-state index contributed by atoms with van der Waals surface area (Å²) in [5.74, 6) is -3.29. The third kappa shape index (κ3) is 8.75. The van der Waals surface area contributed by atoms with Crippen LogP contribution in [0.4, 0.5) is 0 Å². The highest BCUT2D eigenvalue weighted by Crippen LogP contribution is 2.22. The Balaban J connectivity index is 1.52. The zero-order valence-corrected chi connectivity index (χ0v) is 23.2. The number of hydrogen-bond acceptors (Lipinski definition) is 6. The number of carbonyl (C=O) groups is 4. The molecule has 2 heterocycles. The fourth-order valence-corrected chi connectivity index (χ4v) is 5.22. The standard InChI is InChI=1S/C32H39N3O6/c36-21-26(19-23-11-3-1-4-12-23)33-30(38)27-16-8-7-15-25(20-29(37)35-17-9-10-18-35)32(40)41-22-28(34-31(27)39)24-13-5-2-6-14-24/h1-8,11-14,25-28,36H,9-10,15-22H2,(H,33,38)(H,34,39)/t25?,26-,27?,28?/m1/s1. The minimum absolute atomic E-state index is 0.0487. The maximum absolute atomic E-state index is 13.5. The minimum atomic E-state index is -1.07. The molecule has 1 fully saturated rings. The Kier molecular flexibility index (Phi) is 11.1. The molecular formula is C32H39N3O6. The molecule has 2 aliphatic heterocycles. The van der Waals surface area contributed by atoms with Crippen molar-refractivity contribution in [3.63, 3.8) is 0 Å². The van der Waals surface area contributed by atoms with Gasteiger partial charge < -0.3 is 25.4 Å². The Hall–Kier alpha value is -3.98. The van der Waals surface area contributed by atoms with E-state index in [1.54, 1.807) is 17.1 Å². The number of carbonyl (C=O) groups excluding carboxylic acids is 4. The third-order valence-electron chi connectivity index (χ3n) is 7.61. The molecule has 2 aliphatic rings. The van der Waals surface area contributed by atoms with Gasteiger partial charge in [0.2, 0.25) is 17.7 Å². The molecule has 0 saturated carbocycles. The fourth-order valence-electron chi connectivity index (χ4n) is 5.22. The van der Waals surface area contributed by atoms with E-state index >= 15 is 0 Å². The van der Waals surface area contributed by atoms with Crippen molar-refractivity contribution in [3.8, 4) is 0 Å². The summed E-state index contributed by atoms with van der Waals surface area (Å²) in [7, 11) is 0. The zero-order valence-electron chi connectivity index (χ0n) is 23.2. The van der Waals surface area contributed by atoms with Gasteiger partial charge in [-0.2, -0.15) is 0 Å². The highest BCUT2D eigenvalue weighted by atomic mass is 16.5. The third-order valence-corrected chi connectivity index (χ3v) is 7.61. The maximum Gasteiger partial charge on any atom is 0.309 e. The lowest BCUT2D eigenvalue weighted by Crippen LogP contribution is -2.48. The van der Waals surface area contributed by atoms with Crippen LogP contribution in [0.3, 0.4) is 0 Å². The van der Waals surface area contributed by atoms with E-state index in [9.17, 15) is 24.3 Å². The number of amides is 3. The Bertz CT molecular complexity index is 1200. The molecule has 9 heteroatoms. The predicted octanol–water partition coefficient (Wildman–Crippen LogP) is 2.70. The lowest BCUT2D eigenvalue weighted by Gasteiger charge is -2.25. The second-order valence-electron chi connectivity index (χ2n) is 10.7. The first-order valence-electron chi connectivity index (χ1n) is 14.3. The number of aliphatic hydroxyl groups is 1. The molecule has 0 aromatic heterocycles. The van der Waals surface area contributed by atoms with Gasteiger partial charge in [-0.1, -0.05) is 72.8 Å². The summed E-state index contributed by atoms with van der Waals surface area (Å²) >= 11 is 0. The number of allylic oxidation sites excluding steroid dienone is 2. The lowest BCUT2D eigenvalue weighted by atomic mass is 9.96. The van der Waals surface area contributed by atoms with Crippen LogP contribution in [0, 0.1) is 11.8 Å². The summed E-state index contributed by atoms with van der Waals surface area (Å²) < 4.78 is 5.66. The van der Waals surface area contributed by atoms with Crippen molar-refractivity contribution < 1.29 is 29.0 Å². The highest BCUT2D eigenvalue weighted by molar-refractivity contribution is 6.00. The molecule has 0 aliphatic carbocycles. The SMILES string of the molecule is O=C1OCC(c2ccccc2)NC(=O)C(C(=O)N[C@@H](CO)Cc2ccccc2)CC=CCC1CC(=O)N1CCCC1. The number of hydrogen-bond donors (Lipinski definition) is 3. The number of nitrogens with zero attached hydrogens (tertiary/aromatic N) is 1. The molecule has 3 amide bonds. The molecule has 0 radical (unpaired) electrons. The van der Waals surface area contributed by atoms with Gasteiger partial charge in [0, 0.05) is 19.5 Å². The molecule has 4 atom stereocenters. The monoisotopic (exact) mass is 561 g/mol. The largest absolute Gasteiger partial charge is 0.463 e. The van der Waals surface area contributed by atoms with Crippen LogP contribution in [0.5, 0.6) is 0 Å². The van der Waals surface area contributed by atoms with Crippen molar-refractivity contribution in [2.45, 2.75) is 50.6 Å². The van der Waals surface area contributed by atoms with Crippen molar-refractivity contribution in [2.24, 2.45) is 11.8 Å². The number of rotatable bonds is 8. The van der Waals surface area contributed by atoms with Crippen LogP contribution < -0.4 is 10.6 Å². The molecule has 1 saturated heterocycles. The minimum Gasteiger partial charge on any atom is -0.463 e. The Morgan fingerprint density at radius 2 is 1.63 bits per heavy atom. The second-order valence-corrected chi connectivity index (χ2v) is 10.7. The average Bonchev–Trinajstić information content (AvgIpc) is 3.54. The van der Waals surface area contributed by atoms with E-state index in [1.807, 2.05) is 60.7 Å². The number of likely N-dealkylation sites (tertiary alicyclic amines) is 1. The summed E-state index contributed by atoms with van der Waals surface area (Å²) in [6.45, 7) is 0.997. The van der Waals surface area contributed by atoms with Gasteiger partial charge in [-0.25, -0.2) is 0 Å². The van der Waals surface area contributed by atoms with Gasteiger partial charge in [-0.05, 0) is 43.2 Å². The number of ether oxygens (including phenoxy) is 1. The second kappa shape index (κ2) is 15.1. The Morgan fingerprint density at radius 1 is 0.976 bits per heavy atom. The first-order chi connectivity index (χ1) is 19.9. The molecule has 218 valence electrons. The van der Waals surface area contributed by atoms with E-state index in [2.05, 4.69) is 10.6 Å². The number of cyclic esters (lactones) is 1. The van der Waals surface area contributed by atoms with E-state index in [4.69, 9.17) is 4.74 Å². The van der Waals surface area contributed by atoms with Crippen molar-refractivity contribution in [1.82, 2.24) is 15.5 Å². The predicted molar refractivity (Wildman–Crippen MR) is 153 cm³/mol. The number of nitrogens with one attached hydrogen (secondary N) is 2. The normalized spacial score (nSPS) is 22.6. The van der Waals surface area contributed by atoms with Crippen LogP contribution in [0.2, 0.25) is 0 Å². The van der Waals surface area contributed by atoms with Gasteiger partial charge in [0.15, 0.2) is 0 Å². The molecule has 0 spiro atoms. The van der Waals surface area contributed by atoms with Crippen LogP contribution in [-0.4, -0.2) is 66.0 Å². The van der Waals surface area contributed by atoms with E-state index in [0.717, 1.165) is 24.0 Å². The summed E-state index contributed by atoms with van der Waals surface area (Å²) in [5.41, 5.74) is 1.68. The van der Waals surface area contributed by atoms with Gasteiger partial charge in [0.05, 0.1) is 24.6 Å². The molecule has 2 aromatic carbocycles. The van der Waals surface area contributed by atoms with Crippen LogP contribution >= 0.6 is 0 Å². The molecular weight excluding hydrogens is 522 g/mol. The molecule has 2 aromatic rings. The van der Waals surface area contributed by atoms with Crippen molar-refractivity contribution in [1.29, 1.82) is 0 Å². The number of esters is 1. The first-order valence-corrected chi connectivity index (χ1v) is 14.3. The van der Waals surface area contributed by atoms with Crippen molar-refractivity contribution in [2.75, 3.05) is 26.3 Å². The van der Waals surface area contributed by atoms with Gasteiger partial charge in [-0.3, -0.25) is 19.2 Å². The van der Waals surface area contributed by atoms with Gasteiger partial charge in [0.1, 0.15) is 12.5 Å². The molecule has 4 rings (SSSR count). The summed E-state index contributed by atoms with van der Waals surface area (Å²) in [6, 6.07) is 17.4. The Labute approximate surface area is 240 Å². The van der Waals surface area contributed by atoms with Crippen LogP contribution in [0.15, 0.2) is 72.8 Å². The van der Waals surface area contributed by atoms with Crippen LogP contribution in [0.25, 0.3) is 0 Å². The highest BCUT2D eigenvalue weighted by Gasteiger charge is 2.32. The Morgan fingerprint density at radius 3 is 2.32 bits per heavy atom. The molecule has 3 N–H and O–H groups in total. The topological polar surface area (TPSA) is 125 Å². The van der Waals surface area contributed by atoms with Gasteiger partial charge in [-0.15, -0.1) is 0 Å². The first kappa shape index (κ1) is 30.0. The smallest absolute Gasteiger partial charge is 0.309 e. The number of benzene rings is 2.